The predicted octanol–water partition coefficient (Wildman–Crippen LogP) is 2.58. The molecule has 1 N–H and O–H groups in total. The predicted molar refractivity (Wildman–Crippen MR) is 49.1 cm³/mol. The third-order valence-corrected chi connectivity index (χ3v) is 1.71. The maximum absolute atomic E-state index is 12.4. The van der Waals surface area contributed by atoms with Gasteiger partial charge in [-0.15, -0.1) is 0 Å². The van der Waals surface area contributed by atoms with E-state index < -0.39 is 23.2 Å². The summed E-state index contributed by atoms with van der Waals surface area (Å²) in [5, 5.41) is 2.10. The summed E-state index contributed by atoms with van der Waals surface area (Å²) in [7, 11) is 0. The molecule has 0 aliphatic rings. The Morgan fingerprint density at radius 2 is 1.93 bits per heavy atom. The molecule has 0 aliphatic heterocycles. The van der Waals surface area contributed by atoms with Crippen molar-refractivity contribution >= 4 is 5.91 Å². The van der Waals surface area contributed by atoms with Gasteiger partial charge in [0.05, 0.1) is 11.1 Å². The first-order valence-corrected chi connectivity index (χ1v) is 4.05. The quantitative estimate of drug-likeness (QED) is 0.807. The third kappa shape index (κ3) is 2.59. The first-order chi connectivity index (χ1) is 6.96. The van der Waals surface area contributed by atoms with Gasteiger partial charge < -0.3 is 5.32 Å². The maximum atomic E-state index is 12.4. The lowest BCUT2D eigenvalue weighted by molar-refractivity contribution is -0.137. The van der Waals surface area contributed by atoms with Crippen LogP contribution in [0.25, 0.3) is 0 Å². The van der Waals surface area contributed by atoms with Crippen LogP contribution in [0.5, 0.6) is 0 Å². The summed E-state index contributed by atoms with van der Waals surface area (Å²) in [6, 6.07) is 4.57. The lowest BCUT2D eigenvalue weighted by Crippen LogP contribution is -2.21. The van der Waals surface area contributed by atoms with Crippen LogP contribution in [0.4, 0.5) is 13.2 Å². The van der Waals surface area contributed by atoms with Gasteiger partial charge in [0.2, 0.25) is 0 Å². The molecule has 5 heteroatoms. The number of benzene rings is 1. The number of carbonyl (C=O) groups excluding carboxylic acids is 1. The van der Waals surface area contributed by atoms with E-state index in [2.05, 4.69) is 11.9 Å². The Morgan fingerprint density at radius 1 is 1.33 bits per heavy atom. The van der Waals surface area contributed by atoms with Crippen molar-refractivity contribution in [2.24, 2.45) is 0 Å². The fraction of sp³-hybridized carbons (Fsp3) is 0.100. The molecule has 0 saturated heterocycles. The molecule has 2 nitrogen and oxygen atoms in total. The highest BCUT2D eigenvalue weighted by Crippen LogP contribution is 2.31. The fourth-order valence-electron chi connectivity index (χ4n) is 1.10. The topological polar surface area (TPSA) is 29.1 Å². The van der Waals surface area contributed by atoms with E-state index in [9.17, 15) is 18.0 Å². The molecule has 0 radical (unpaired) electrons. The minimum Gasteiger partial charge on any atom is -0.329 e. The summed E-state index contributed by atoms with van der Waals surface area (Å²) in [6.45, 7) is 3.20. The molecule has 15 heavy (non-hydrogen) atoms. The Balaban J connectivity index is 3.18. The van der Waals surface area contributed by atoms with Gasteiger partial charge in [0.1, 0.15) is 0 Å². The highest BCUT2D eigenvalue weighted by molar-refractivity contribution is 5.96. The number of hydrogen-bond acceptors (Lipinski definition) is 1. The second-order valence-electron chi connectivity index (χ2n) is 2.72. The molecule has 0 spiro atoms. The molecule has 0 atom stereocenters. The van der Waals surface area contributed by atoms with Gasteiger partial charge >= 0.3 is 6.18 Å². The number of amides is 1. The van der Waals surface area contributed by atoms with Crippen molar-refractivity contribution in [2.75, 3.05) is 0 Å². The van der Waals surface area contributed by atoms with E-state index in [-0.39, 0.29) is 0 Å². The molecule has 0 bridgehead atoms. The zero-order valence-corrected chi connectivity index (χ0v) is 7.64. The Bertz CT molecular complexity index is 384. The van der Waals surface area contributed by atoms with Crippen LogP contribution < -0.4 is 5.32 Å². The molecule has 0 aliphatic carbocycles. The van der Waals surface area contributed by atoms with Gasteiger partial charge in [-0.1, -0.05) is 18.7 Å². The van der Waals surface area contributed by atoms with E-state index in [1.807, 2.05) is 0 Å². The zero-order chi connectivity index (χ0) is 11.5. The van der Waals surface area contributed by atoms with Crippen LogP contribution in [-0.2, 0) is 6.18 Å². The highest BCUT2D eigenvalue weighted by atomic mass is 19.4. The Kier molecular flexibility index (Phi) is 3.14. The van der Waals surface area contributed by atoms with Crippen LogP contribution in [0.1, 0.15) is 15.9 Å². The van der Waals surface area contributed by atoms with Gasteiger partial charge in [0.25, 0.3) is 5.91 Å². The van der Waals surface area contributed by atoms with Crippen molar-refractivity contribution in [3.63, 3.8) is 0 Å². The average molecular weight is 215 g/mol. The van der Waals surface area contributed by atoms with E-state index in [0.717, 1.165) is 18.3 Å². The normalized spacial score (nSPS) is 10.9. The Morgan fingerprint density at radius 3 is 2.47 bits per heavy atom. The number of hydrogen-bond donors (Lipinski definition) is 1. The summed E-state index contributed by atoms with van der Waals surface area (Å²) in [6.07, 6.45) is -3.50. The summed E-state index contributed by atoms with van der Waals surface area (Å²) in [5.74, 6) is -0.821. The minimum atomic E-state index is -4.53. The van der Waals surface area contributed by atoms with Crippen LogP contribution in [0.2, 0.25) is 0 Å². The molecule has 1 rings (SSSR count). The van der Waals surface area contributed by atoms with Crippen LogP contribution in [-0.4, -0.2) is 5.91 Å². The van der Waals surface area contributed by atoms with Crippen LogP contribution in [0, 0.1) is 0 Å². The largest absolute Gasteiger partial charge is 0.417 e. The summed E-state index contributed by atoms with van der Waals surface area (Å²) in [4.78, 5) is 11.2. The molecule has 80 valence electrons. The standard InChI is InChI=1S/C10H8F3NO/c1-2-14-9(15)7-5-3-4-6-8(7)10(11,12)13/h2-6H,1H2,(H,14,15). The van der Waals surface area contributed by atoms with Crippen molar-refractivity contribution in [3.05, 3.63) is 48.2 Å². The summed E-state index contributed by atoms with van der Waals surface area (Å²) >= 11 is 0. The monoisotopic (exact) mass is 215 g/mol. The van der Waals surface area contributed by atoms with Crippen LogP contribution in [0.15, 0.2) is 37.0 Å². The molecule has 1 aromatic rings. The summed E-state index contributed by atoms with van der Waals surface area (Å²) < 4.78 is 37.3. The summed E-state index contributed by atoms with van der Waals surface area (Å²) in [5.41, 5.74) is -1.37. The third-order valence-electron chi connectivity index (χ3n) is 1.71. The van der Waals surface area contributed by atoms with Crippen molar-refractivity contribution in [3.8, 4) is 0 Å². The van der Waals surface area contributed by atoms with Crippen molar-refractivity contribution in [1.29, 1.82) is 0 Å². The molecule has 0 aromatic heterocycles. The van der Waals surface area contributed by atoms with Crippen molar-refractivity contribution < 1.29 is 18.0 Å². The number of alkyl halides is 3. The zero-order valence-electron chi connectivity index (χ0n) is 7.64. The van der Waals surface area contributed by atoms with Crippen LogP contribution >= 0.6 is 0 Å². The van der Waals surface area contributed by atoms with Gasteiger partial charge in [0.15, 0.2) is 0 Å². The number of carbonyl (C=O) groups is 1. The molecule has 1 aromatic carbocycles. The van der Waals surface area contributed by atoms with Gasteiger partial charge in [-0.3, -0.25) is 4.79 Å². The average Bonchev–Trinajstić information content (AvgIpc) is 2.17. The lowest BCUT2D eigenvalue weighted by Gasteiger charge is -2.10. The van der Waals surface area contributed by atoms with E-state index in [1.165, 1.54) is 12.1 Å². The van der Waals surface area contributed by atoms with E-state index >= 15 is 0 Å². The van der Waals surface area contributed by atoms with E-state index in [1.54, 1.807) is 0 Å². The van der Waals surface area contributed by atoms with Crippen molar-refractivity contribution in [1.82, 2.24) is 5.32 Å². The van der Waals surface area contributed by atoms with Gasteiger partial charge in [-0.25, -0.2) is 0 Å². The van der Waals surface area contributed by atoms with Gasteiger partial charge in [-0.05, 0) is 18.3 Å². The highest BCUT2D eigenvalue weighted by Gasteiger charge is 2.34. The van der Waals surface area contributed by atoms with E-state index in [0.29, 0.717) is 0 Å². The fourth-order valence-corrected chi connectivity index (χ4v) is 1.10. The Hall–Kier alpha value is -1.78. The smallest absolute Gasteiger partial charge is 0.329 e. The SMILES string of the molecule is C=CNC(=O)c1ccccc1C(F)(F)F. The number of rotatable bonds is 2. The number of halogens is 3. The second-order valence-corrected chi connectivity index (χ2v) is 2.72. The molecule has 0 heterocycles. The van der Waals surface area contributed by atoms with Gasteiger partial charge in [0, 0.05) is 0 Å². The Labute approximate surface area is 84.4 Å². The molecular formula is C10H8F3NO. The maximum Gasteiger partial charge on any atom is 0.417 e. The first-order valence-electron chi connectivity index (χ1n) is 4.05. The number of nitrogens with one attached hydrogen (secondary N) is 1. The van der Waals surface area contributed by atoms with Crippen LogP contribution in [0.3, 0.4) is 0 Å². The van der Waals surface area contributed by atoms with Gasteiger partial charge in [-0.2, -0.15) is 13.2 Å². The first kappa shape index (κ1) is 11.3. The molecule has 0 fully saturated rings. The molecular weight excluding hydrogens is 207 g/mol. The molecule has 1 amide bonds. The van der Waals surface area contributed by atoms with E-state index in [4.69, 9.17) is 0 Å². The lowest BCUT2D eigenvalue weighted by atomic mass is 10.1. The van der Waals surface area contributed by atoms with Crippen molar-refractivity contribution in [2.45, 2.75) is 6.18 Å². The molecule has 0 unspecified atom stereocenters. The molecule has 0 saturated carbocycles. The minimum absolute atomic E-state index is 0.412. The second kappa shape index (κ2) is 4.16.